The highest BCUT2D eigenvalue weighted by Crippen LogP contribution is 2.25. The Kier molecular flexibility index (Phi) is 6.02. The normalized spacial score (nSPS) is 11.9. The maximum Gasteiger partial charge on any atom is 0.339 e. The summed E-state index contributed by atoms with van der Waals surface area (Å²) >= 11 is 0. The van der Waals surface area contributed by atoms with Gasteiger partial charge in [0.15, 0.2) is 6.10 Å². The summed E-state index contributed by atoms with van der Waals surface area (Å²) in [7, 11) is 1.47. The molecule has 0 heterocycles. The Morgan fingerprint density at radius 3 is 2.48 bits per heavy atom. The molecular weight excluding hydrogens is 274 g/mol. The van der Waals surface area contributed by atoms with Crippen molar-refractivity contribution in [3.63, 3.8) is 0 Å². The fourth-order valence-corrected chi connectivity index (χ4v) is 1.60. The Bertz CT molecular complexity index is 513. The number of methoxy groups -OCH3 is 1. The molecule has 0 radical (unpaired) electrons. The van der Waals surface area contributed by atoms with Gasteiger partial charge in [0.05, 0.1) is 7.11 Å². The van der Waals surface area contributed by atoms with Crippen LogP contribution in [0.2, 0.25) is 0 Å². The van der Waals surface area contributed by atoms with Crippen molar-refractivity contribution in [3.05, 3.63) is 23.8 Å². The highest BCUT2D eigenvalue weighted by Gasteiger charge is 2.19. The summed E-state index contributed by atoms with van der Waals surface area (Å²) in [5, 5.41) is 11.9. The van der Waals surface area contributed by atoms with Crippen LogP contribution in [0.3, 0.4) is 0 Å². The van der Waals surface area contributed by atoms with Gasteiger partial charge in [-0.2, -0.15) is 0 Å². The number of amides is 1. The number of carbonyl (C=O) groups is 2. The highest BCUT2D eigenvalue weighted by atomic mass is 16.5. The van der Waals surface area contributed by atoms with E-state index in [1.165, 1.54) is 25.3 Å². The fourth-order valence-electron chi connectivity index (χ4n) is 1.60. The minimum atomic E-state index is -1.12. The van der Waals surface area contributed by atoms with Crippen molar-refractivity contribution in [2.45, 2.75) is 26.9 Å². The van der Waals surface area contributed by atoms with Gasteiger partial charge in [-0.15, -0.1) is 0 Å². The number of hydrogen-bond donors (Lipinski definition) is 2. The van der Waals surface area contributed by atoms with Crippen molar-refractivity contribution in [1.29, 1.82) is 0 Å². The Hall–Kier alpha value is -2.24. The summed E-state index contributed by atoms with van der Waals surface area (Å²) in [5.41, 5.74) is -0.0145. The van der Waals surface area contributed by atoms with Crippen LogP contribution in [0, 0.1) is 5.92 Å². The molecule has 0 aromatic heterocycles. The van der Waals surface area contributed by atoms with Gasteiger partial charge in [0.25, 0.3) is 5.91 Å². The monoisotopic (exact) mass is 295 g/mol. The lowest BCUT2D eigenvalue weighted by atomic mass is 10.2. The Labute approximate surface area is 124 Å². The van der Waals surface area contributed by atoms with E-state index in [4.69, 9.17) is 14.6 Å². The minimum Gasteiger partial charge on any atom is -0.497 e. The average Bonchev–Trinajstić information content (AvgIpc) is 2.43. The third kappa shape index (κ3) is 4.98. The lowest BCUT2D eigenvalue weighted by Crippen LogP contribution is -2.38. The predicted octanol–water partition coefficient (Wildman–Crippen LogP) is 1.93. The van der Waals surface area contributed by atoms with Crippen molar-refractivity contribution in [2.24, 2.45) is 5.92 Å². The summed E-state index contributed by atoms with van der Waals surface area (Å²) in [6, 6.07) is 4.37. The number of nitrogens with one attached hydrogen (secondary N) is 1. The molecule has 0 fully saturated rings. The molecule has 0 aliphatic carbocycles. The molecule has 6 nitrogen and oxygen atoms in total. The van der Waals surface area contributed by atoms with Crippen molar-refractivity contribution < 1.29 is 24.2 Å². The Morgan fingerprint density at radius 1 is 1.29 bits per heavy atom. The van der Waals surface area contributed by atoms with E-state index in [1.54, 1.807) is 6.92 Å². The van der Waals surface area contributed by atoms with Crippen molar-refractivity contribution in [3.8, 4) is 11.5 Å². The zero-order valence-corrected chi connectivity index (χ0v) is 12.7. The molecule has 21 heavy (non-hydrogen) atoms. The Morgan fingerprint density at radius 2 is 1.95 bits per heavy atom. The van der Waals surface area contributed by atoms with E-state index in [0.29, 0.717) is 18.2 Å². The van der Waals surface area contributed by atoms with Gasteiger partial charge in [-0.25, -0.2) is 4.79 Å². The van der Waals surface area contributed by atoms with Crippen LogP contribution >= 0.6 is 0 Å². The van der Waals surface area contributed by atoms with Gasteiger partial charge in [-0.3, -0.25) is 4.79 Å². The van der Waals surface area contributed by atoms with Gasteiger partial charge in [-0.1, -0.05) is 13.8 Å². The quantitative estimate of drug-likeness (QED) is 0.803. The summed E-state index contributed by atoms with van der Waals surface area (Å²) in [4.78, 5) is 23.0. The first-order valence-electron chi connectivity index (χ1n) is 6.70. The number of hydrogen-bond acceptors (Lipinski definition) is 4. The number of ether oxygens (including phenoxy) is 2. The highest BCUT2D eigenvalue weighted by molar-refractivity contribution is 5.91. The number of carbonyl (C=O) groups excluding carboxylic acids is 1. The van der Waals surface area contributed by atoms with Crippen LogP contribution in [0.5, 0.6) is 11.5 Å². The van der Waals surface area contributed by atoms with E-state index in [1.807, 2.05) is 13.8 Å². The van der Waals surface area contributed by atoms with Crippen molar-refractivity contribution in [1.82, 2.24) is 5.32 Å². The molecule has 0 aliphatic rings. The molecule has 0 spiro atoms. The van der Waals surface area contributed by atoms with Crippen molar-refractivity contribution in [2.75, 3.05) is 13.7 Å². The molecule has 0 saturated carbocycles. The molecule has 1 aromatic carbocycles. The van der Waals surface area contributed by atoms with Crippen molar-refractivity contribution >= 4 is 11.9 Å². The number of carboxylic acids is 1. The zero-order chi connectivity index (χ0) is 16.0. The summed E-state index contributed by atoms with van der Waals surface area (Å²) in [6.07, 6.45) is -0.797. The first-order chi connectivity index (χ1) is 9.85. The van der Waals surface area contributed by atoms with Crippen LogP contribution in [-0.2, 0) is 4.79 Å². The topological polar surface area (TPSA) is 84.9 Å². The zero-order valence-electron chi connectivity index (χ0n) is 12.7. The SMILES string of the molecule is COc1ccc(C(=O)O)c(OC(C)C(=O)NCC(C)C)c1. The fraction of sp³-hybridized carbons (Fsp3) is 0.467. The Balaban J connectivity index is 2.85. The van der Waals surface area contributed by atoms with E-state index in [2.05, 4.69) is 5.32 Å². The van der Waals surface area contributed by atoms with Crippen LogP contribution in [-0.4, -0.2) is 36.7 Å². The lowest BCUT2D eigenvalue weighted by Gasteiger charge is -2.17. The molecule has 0 bridgehead atoms. The molecule has 1 aromatic rings. The maximum atomic E-state index is 11.9. The second kappa shape index (κ2) is 7.52. The van der Waals surface area contributed by atoms with E-state index >= 15 is 0 Å². The van der Waals surface area contributed by atoms with Gasteiger partial charge in [0.1, 0.15) is 17.1 Å². The second-order valence-electron chi connectivity index (χ2n) is 5.07. The molecule has 1 unspecified atom stereocenters. The smallest absolute Gasteiger partial charge is 0.339 e. The van der Waals surface area contributed by atoms with Crippen LogP contribution in [0.15, 0.2) is 18.2 Å². The summed E-state index contributed by atoms with van der Waals surface area (Å²) in [5.74, 6) is -0.517. The van der Waals surface area contributed by atoms with E-state index in [0.717, 1.165) is 0 Å². The van der Waals surface area contributed by atoms with Gasteiger partial charge < -0.3 is 19.9 Å². The third-order valence-electron chi connectivity index (χ3n) is 2.78. The number of benzene rings is 1. The van der Waals surface area contributed by atoms with E-state index in [-0.39, 0.29) is 17.2 Å². The van der Waals surface area contributed by atoms with Gasteiger partial charge in [-0.05, 0) is 25.0 Å². The first kappa shape index (κ1) is 16.8. The molecule has 1 atom stereocenters. The van der Waals surface area contributed by atoms with Crippen LogP contribution in [0.25, 0.3) is 0 Å². The molecule has 6 heteroatoms. The maximum absolute atomic E-state index is 11.9. The molecule has 1 amide bonds. The molecule has 2 N–H and O–H groups in total. The molecule has 116 valence electrons. The summed E-state index contributed by atoms with van der Waals surface area (Å²) in [6.45, 7) is 6.07. The standard InChI is InChI=1S/C15H21NO5/c1-9(2)8-16-14(17)10(3)21-13-7-11(20-4)5-6-12(13)15(18)19/h5-7,9-10H,8H2,1-4H3,(H,16,17)(H,18,19). The lowest BCUT2D eigenvalue weighted by molar-refractivity contribution is -0.127. The van der Waals surface area contributed by atoms with Gasteiger partial charge >= 0.3 is 5.97 Å². The predicted molar refractivity (Wildman–Crippen MR) is 77.9 cm³/mol. The van der Waals surface area contributed by atoms with Crippen LogP contribution in [0.4, 0.5) is 0 Å². The molecule has 0 aliphatic heterocycles. The van der Waals surface area contributed by atoms with Crippen LogP contribution < -0.4 is 14.8 Å². The molecule has 1 rings (SSSR count). The second-order valence-corrected chi connectivity index (χ2v) is 5.07. The third-order valence-corrected chi connectivity index (χ3v) is 2.78. The number of rotatable bonds is 7. The number of aromatic carboxylic acids is 1. The first-order valence-corrected chi connectivity index (χ1v) is 6.70. The van der Waals surface area contributed by atoms with Gasteiger partial charge in [0, 0.05) is 12.6 Å². The molecule has 0 saturated heterocycles. The number of carboxylic acid groups (broad SMARTS) is 1. The minimum absolute atomic E-state index is 0.0145. The van der Waals surface area contributed by atoms with Crippen LogP contribution in [0.1, 0.15) is 31.1 Å². The van der Waals surface area contributed by atoms with Gasteiger partial charge in [0.2, 0.25) is 0 Å². The summed E-state index contributed by atoms with van der Waals surface area (Å²) < 4.78 is 10.5. The average molecular weight is 295 g/mol. The largest absolute Gasteiger partial charge is 0.497 e. The molecular formula is C15H21NO5. The van der Waals surface area contributed by atoms with E-state index < -0.39 is 12.1 Å². The van der Waals surface area contributed by atoms with E-state index in [9.17, 15) is 9.59 Å².